The smallest absolute Gasteiger partial charge is 0.224 e. The Bertz CT molecular complexity index is 766. The molecule has 1 atom stereocenters. The van der Waals surface area contributed by atoms with Gasteiger partial charge in [0, 0.05) is 51.0 Å². The summed E-state index contributed by atoms with van der Waals surface area (Å²) in [7, 11) is 0. The lowest BCUT2D eigenvalue weighted by Crippen LogP contribution is -2.47. The van der Waals surface area contributed by atoms with Gasteiger partial charge in [-0.15, -0.1) is 0 Å². The predicted molar refractivity (Wildman–Crippen MR) is 107 cm³/mol. The fraction of sp³-hybridized carbons (Fsp3) is 0.545. The minimum Gasteiger partial charge on any atom is -0.338 e. The monoisotopic (exact) mass is 366 g/mol. The number of hydrogen-bond acceptors (Lipinski definition) is 3. The number of amides is 1. The highest BCUT2D eigenvalue weighted by Crippen LogP contribution is 2.32. The average Bonchev–Trinajstić information content (AvgIpc) is 3.34. The lowest BCUT2D eigenvalue weighted by Gasteiger charge is -2.35. The highest BCUT2D eigenvalue weighted by molar-refractivity contribution is 5.77. The Balaban J connectivity index is 1.49. The molecule has 2 aliphatic rings. The van der Waals surface area contributed by atoms with Gasteiger partial charge in [0.25, 0.3) is 0 Å². The number of aromatic nitrogens is 2. The third kappa shape index (κ3) is 4.41. The third-order valence-electron chi connectivity index (χ3n) is 5.81. The Kier molecular flexibility index (Phi) is 5.30. The molecule has 2 aromatic rings. The van der Waals surface area contributed by atoms with E-state index in [1.165, 1.54) is 18.4 Å². The minimum atomic E-state index is 0.315. The second-order valence-corrected chi connectivity index (χ2v) is 8.41. The Morgan fingerprint density at radius 2 is 2.07 bits per heavy atom. The first-order chi connectivity index (χ1) is 13.1. The van der Waals surface area contributed by atoms with Crippen LogP contribution in [0.15, 0.2) is 42.7 Å². The topological polar surface area (TPSA) is 41.4 Å². The average molecular weight is 367 g/mol. The molecule has 0 spiro atoms. The van der Waals surface area contributed by atoms with Gasteiger partial charge in [0.05, 0.1) is 5.69 Å². The highest BCUT2D eigenvalue weighted by Gasteiger charge is 2.35. The van der Waals surface area contributed by atoms with Gasteiger partial charge in [-0.1, -0.05) is 26.0 Å². The molecule has 1 aromatic heterocycles. The Hall–Kier alpha value is -2.14. The number of nitrogens with zero attached hydrogens (tertiary/aromatic N) is 4. The van der Waals surface area contributed by atoms with E-state index in [1.807, 2.05) is 16.9 Å². The van der Waals surface area contributed by atoms with Gasteiger partial charge in [0.15, 0.2) is 0 Å². The summed E-state index contributed by atoms with van der Waals surface area (Å²) < 4.78 is 1.89. The summed E-state index contributed by atoms with van der Waals surface area (Å²) >= 11 is 0. The SMILES string of the molecule is CC(C)C1CN(Cc2cccc(-n3cccn3)c2)CCC(=O)N1CC1CC1. The van der Waals surface area contributed by atoms with Gasteiger partial charge in [0.1, 0.15) is 0 Å². The van der Waals surface area contributed by atoms with Crippen LogP contribution in [0.25, 0.3) is 5.69 Å². The van der Waals surface area contributed by atoms with Crippen LogP contribution in [0.1, 0.15) is 38.7 Å². The van der Waals surface area contributed by atoms with E-state index in [-0.39, 0.29) is 0 Å². The van der Waals surface area contributed by atoms with Crippen molar-refractivity contribution in [3.63, 3.8) is 0 Å². The fourth-order valence-corrected chi connectivity index (χ4v) is 4.04. The maximum atomic E-state index is 12.8. The zero-order valence-corrected chi connectivity index (χ0v) is 16.4. The van der Waals surface area contributed by atoms with Crippen molar-refractivity contribution in [2.45, 2.75) is 45.7 Å². The fourth-order valence-electron chi connectivity index (χ4n) is 4.04. The maximum absolute atomic E-state index is 12.8. The first-order valence-electron chi connectivity index (χ1n) is 10.2. The van der Waals surface area contributed by atoms with E-state index in [0.29, 0.717) is 24.3 Å². The lowest BCUT2D eigenvalue weighted by molar-refractivity contribution is -0.133. The Morgan fingerprint density at radius 3 is 2.78 bits per heavy atom. The van der Waals surface area contributed by atoms with E-state index >= 15 is 0 Å². The second kappa shape index (κ2) is 7.85. The predicted octanol–water partition coefficient (Wildman–Crippen LogP) is 3.34. The third-order valence-corrected chi connectivity index (χ3v) is 5.81. The Labute approximate surface area is 162 Å². The molecule has 1 saturated carbocycles. The van der Waals surface area contributed by atoms with Crippen LogP contribution in [0.4, 0.5) is 0 Å². The van der Waals surface area contributed by atoms with Crippen LogP contribution in [-0.2, 0) is 11.3 Å². The first kappa shape index (κ1) is 18.2. The highest BCUT2D eigenvalue weighted by atomic mass is 16.2. The molecule has 2 heterocycles. The number of rotatable bonds is 6. The van der Waals surface area contributed by atoms with E-state index in [0.717, 1.165) is 37.8 Å². The summed E-state index contributed by atoms with van der Waals surface area (Å²) in [6.07, 6.45) is 6.98. The summed E-state index contributed by atoms with van der Waals surface area (Å²) in [6, 6.07) is 10.8. The molecule has 4 rings (SSSR count). The molecule has 1 aliphatic heterocycles. The van der Waals surface area contributed by atoms with Gasteiger partial charge in [-0.3, -0.25) is 9.69 Å². The summed E-state index contributed by atoms with van der Waals surface area (Å²) in [6.45, 7) is 8.14. The van der Waals surface area contributed by atoms with Gasteiger partial charge in [-0.2, -0.15) is 5.10 Å². The molecule has 1 aromatic carbocycles. The molecule has 0 bridgehead atoms. The van der Waals surface area contributed by atoms with E-state index in [9.17, 15) is 4.79 Å². The molecule has 5 heteroatoms. The molecule has 27 heavy (non-hydrogen) atoms. The number of benzene rings is 1. The van der Waals surface area contributed by atoms with E-state index in [2.05, 4.69) is 53.0 Å². The van der Waals surface area contributed by atoms with Crippen LogP contribution in [0.5, 0.6) is 0 Å². The molecule has 1 amide bonds. The van der Waals surface area contributed by atoms with Crippen LogP contribution in [0.3, 0.4) is 0 Å². The van der Waals surface area contributed by atoms with Crippen molar-refractivity contribution in [1.82, 2.24) is 19.6 Å². The summed E-state index contributed by atoms with van der Waals surface area (Å²) in [5.74, 6) is 1.56. The van der Waals surface area contributed by atoms with Crippen LogP contribution in [0, 0.1) is 11.8 Å². The standard InChI is InChI=1S/C22H30N4O/c1-17(2)21-16-24(12-9-22(27)25(21)15-18-7-8-18)14-19-5-3-6-20(13-19)26-11-4-10-23-26/h3-6,10-11,13,17-18,21H,7-9,12,14-16H2,1-2H3. The molecule has 1 unspecified atom stereocenters. The van der Waals surface area contributed by atoms with Crippen molar-refractivity contribution in [2.24, 2.45) is 11.8 Å². The largest absolute Gasteiger partial charge is 0.338 e. The zero-order valence-electron chi connectivity index (χ0n) is 16.4. The van der Waals surface area contributed by atoms with Gasteiger partial charge in [-0.05, 0) is 48.4 Å². The molecule has 5 nitrogen and oxygen atoms in total. The minimum absolute atomic E-state index is 0.315. The number of carbonyl (C=O) groups excluding carboxylic acids is 1. The van der Waals surface area contributed by atoms with Crippen LogP contribution >= 0.6 is 0 Å². The van der Waals surface area contributed by atoms with Crippen molar-refractivity contribution >= 4 is 5.91 Å². The summed E-state index contributed by atoms with van der Waals surface area (Å²) in [4.78, 5) is 17.4. The van der Waals surface area contributed by atoms with Crippen molar-refractivity contribution in [2.75, 3.05) is 19.6 Å². The number of hydrogen-bond donors (Lipinski definition) is 0. The van der Waals surface area contributed by atoms with Crippen molar-refractivity contribution in [3.8, 4) is 5.69 Å². The molecule has 1 aliphatic carbocycles. The van der Waals surface area contributed by atoms with E-state index in [4.69, 9.17) is 0 Å². The number of carbonyl (C=O) groups is 1. The first-order valence-corrected chi connectivity index (χ1v) is 10.2. The van der Waals surface area contributed by atoms with Crippen molar-refractivity contribution in [1.29, 1.82) is 0 Å². The maximum Gasteiger partial charge on any atom is 0.224 e. The molecule has 1 saturated heterocycles. The van der Waals surface area contributed by atoms with E-state index < -0.39 is 0 Å². The Morgan fingerprint density at radius 1 is 1.22 bits per heavy atom. The van der Waals surface area contributed by atoms with Crippen LogP contribution < -0.4 is 0 Å². The van der Waals surface area contributed by atoms with Crippen molar-refractivity contribution < 1.29 is 4.79 Å². The zero-order chi connectivity index (χ0) is 18.8. The molecule has 0 N–H and O–H groups in total. The van der Waals surface area contributed by atoms with Crippen LogP contribution in [0.2, 0.25) is 0 Å². The van der Waals surface area contributed by atoms with Gasteiger partial charge in [0.2, 0.25) is 5.91 Å². The molecule has 2 fully saturated rings. The summed E-state index contributed by atoms with van der Waals surface area (Å²) in [5.41, 5.74) is 2.35. The van der Waals surface area contributed by atoms with E-state index in [1.54, 1.807) is 6.20 Å². The molecular formula is C22H30N4O. The molecule has 144 valence electrons. The lowest BCUT2D eigenvalue weighted by atomic mass is 10.0. The summed E-state index contributed by atoms with van der Waals surface area (Å²) in [5, 5.41) is 4.33. The van der Waals surface area contributed by atoms with Gasteiger partial charge < -0.3 is 4.90 Å². The van der Waals surface area contributed by atoms with Gasteiger partial charge >= 0.3 is 0 Å². The normalized spacial score (nSPS) is 21.7. The van der Waals surface area contributed by atoms with Crippen LogP contribution in [-0.4, -0.2) is 51.2 Å². The second-order valence-electron chi connectivity index (χ2n) is 8.41. The molecular weight excluding hydrogens is 336 g/mol. The van der Waals surface area contributed by atoms with Crippen molar-refractivity contribution in [3.05, 3.63) is 48.3 Å². The van der Waals surface area contributed by atoms with Gasteiger partial charge in [-0.25, -0.2) is 4.68 Å². The molecule has 0 radical (unpaired) electrons. The quantitative estimate of drug-likeness (QED) is 0.787.